The van der Waals surface area contributed by atoms with Crippen molar-refractivity contribution in [2.45, 2.75) is 31.7 Å². The minimum atomic E-state index is -4.52. The van der Waals surface area contributed by atoms with Gasteiger partial charge in [-0.05, 0) is 31.0 Å². The molecule has 1 aromatic heterocycles. The van der Waals surface area contributed by atoms with E-state index in [0.717, 1.165) is 6.07 Å². The number of carbonyl (C=O) groups is 1. The van der Waals surface area contributed by atoms with Crippen molar-refractivity contribution in [1.82, 2.24) is 4.90 Å². The summed E-state index contributed by atoms with van der Waals surface area (Å²) in [4.78, 5) is 13.9. The molecule has 2 atom stereocenters. The fourth-order valence-electron chi connectivity index (χ4n) is 3.10. The van der Waals surface area contributed by atoms with E-state index in [1.54, 1.807) is 6.92 Å². The lowest BCUT2D eigenvalue weighted by Gasteiger charge is -2.26. The van der Waals surface area contributed by atoms with Gasteiger partial charge in [-0.3, -0.25) is 4.79 Å². The van der Waals surface area contributed by atoms with Crippen LogP contribution in [0.15, 0.2) is 41.0 Å². The number of aliphatic hydroxyl groups is 1. The maximum absolute atomic E-state index is 13.3. The van der Waals surface area contributed by atoms with Gasteiger partial charge < -0.3 is 14.4 Å². The molecule has 2 aromatic rings. The van der Waals surface area contributed by atoms with Gasteiger partial charge in [0, 0.05) is 6.54 Å². The molecule has 1 aromatic carbocycles. The second-order valence-electron chi connectivity index (χ2n) is 5.89. The predicted molar refractivity (Wildman–Crippen MR) is 79.3 cm³/mol. The summed E-state index contributed by atoms with van der Waals surface area (Å²) in [5, 5.41) is 9.93. The number of aliphatic hydroxyl groups excluding tert-OH is 1. The van der Waals surface area contributed by atoms with Crippen LogP contribution in [0, 0.1) is 6.92 Å². The number of β-amino-alcohol motifs (C(OH)–C–C–N with tert-alkyl or cyclic N) is 1. The smallest absolute Gasteiger partial charge is 0.416 e. The fourth-order valence-corrected chi connectivity index (χ4v) is 3.10. The summed E-state index contributed by atoms with van der Waals surface area (Å²) < 4.78 is 44.9. The fraction of sp³-hybridized carbons (Fsp3) is 0.353. The van der Waals surface area contributed by atoms with Crippen LogP contribution in [0.3, 0.4) is 0 Å². The Morgan fingerprint density at radius 3 is 2.67 bits per heavy atom. The van der Waals surface area contributed by atoms with Gasteiger partial charge in [-0.15, -0.1) is 0 Å². The standard InChI is InChI=1S/C17H16F3NO3/c1-10-6-11(9-24-10)16(23)21-8-12(22)7-15(21)13-4-2-3-5-14(13)17(18,19)20/h2-6,9,12,15,22H,7-8H2,1H3/t12-,15-/m1/s1. The lowest BCUT2D eigenvalue weighted by Crippen LogP contribution is -2.32. The highest BCUT2D eigenvalue weighted by atomic mass is 19.4. The van der Waals surface area contributed by atoms with Crippen LogP contribution >= 0.6 is 0 Å². The van der Waals surface area contributed by atoms with Crippen molar-refractivity contribution in [3.63, 3.8) is 0 Å². The summed E-state index contributed by atoms with van der Waals surface area (Å²) in [5.41, 5.74) is -0.531. The molecule has 1 fully saturated rings. The van der Waals surface area contributed by atoms with Crippen LogP contribution in [-0.4, -0.2) is 28.6 Å². The van der Waals surface area contributed by atoms with Crippen molar-refractivity contribution in [3.8, 4) is 0 Å². The van der Waals surface area contributed by atoms with Crippen LogP contribution in [0.4, 0.5) is 13.2 Å². The highest BCUT2D eigenvalue weighted by molar-refractivity contribution is 5.94. The Kier molecular flexibility index (Phi) is 4.13. The second kappa shape index (κ2) is 5.98. The number of benzene rings is 1. The monoisotopic (exact) mass is 339 g/mol. The van der Waals surface area contributed by atoms with Gasteiger partial charge in [0.2, 0.25) is 0 Å². The molecule has 3 rings (SSSR count). The average molecular weight is 339 g/mol. The number of hydrogen-bond acceptors (Lipinski definition) is 3. The summed E-state index contributed by atoms with van der Waals surface area (Å²) in [6.07, 6.45) is -4.05. The van der Waals surface area contributed by atoms with Crippen LogP contribution in [0.2, 0.25) is 0 Å². The Hall–Kier alpha value is -2.28. The maximum atomic E-state index is 13.3. The molecular weight excluding hydrogens is 323 g/mol. The number of halogens is 3. The van der Waals surface area contributed by atoms with Crippen LogP contribution in [-0.2, 0) is 6.18 Å². The van der Waals surface area contributed by atoms with Crippen LogP contribution < -0.4 is 0 Å². The molecule has 0 radical (unpaired) electrons. The van der Waals surface area contributed by atoms with Gasteiger partial charge in [0.1, 0.15) is 12.0 Å². The van der Waals surface area contributed by atoms with Crippen LogP contribution in [0.25, 0.3) is 0 Å². The second-order valence-corrected chi connectivity index (χ2v) is 5.89. The Morgan fingerprint density at radius 2 is 2.04 bits per heavy atom. The maximum Gasteiger partial charge on any atom is 0.416 e. The molecule has 1 aliphatic heterocycles. The van der Waals surface area contributed by atoms with E-state index < -0.39 is 29.8 Å². The Balaban J connectivity index is 1.99. The van der Waals surface area contributed by atoms with E-state index in [9.17, 15) is 23.1 Å². The van der Waals surface area contributed by atoms with Crippen LogP contribution in [0.5, 0.6) is 0 Å². The SMILES string of the molecule is Cc1cc(C(=O)N2C[C@H](O)C[C@@H]2c2ccccc2C(F)(F)F)co1. The van der Waals surface area contributed by atoms with Gasteiger partial charge in [-0.25, -0.2) is 0 Å². The molecule has 24 heavy (non-hydrogen) atoms. The summed E-state index contributed by atoms with van der Waals surface area (Å²) in [7, 11) is 0. The zero-order valence-corrected chi connectivity index (χ0v) is 12.9. The van der Waals surface area contributed by atoms with E-state index in [4.69, 9.17) is 4.42 Å². The molecule has 1 amide bonds. The molecule has 7 heteroatoms. The first-order chi connectivity index (χ1) is 11.3. The van der Waals surface area contributed by atoms with E-state index in [1.165, 1.54) is 35.4 Å². The third-order valence-corrected chi connectivity index (χ3v) is 4.14. The van der Waals surface area contributed by atoms with Gasteiger partial charge in [0.15, 0.2) is 0 Å². The lowest BCUT2D eigenvalue weighted by atomic mass is 9.97. The van der Waals surface area contributed by atoms with Gasteiger partial charge in [0.05, 0.1) is 23.3 Å². The van der Waals surface area contributed by atoms with Gasteiger partial charge in [0.25, 0.3) is 5.91 Å². The molecule has 1 aliphatic rings. The molecule has 0 saturated carbocycles. The molecule has 1 saturated heterocycles. The first-order valence-corrected chi connectivity index (χ1v) is 7.47. The third-order valence-electron chi connectivity index (χ3n) is 4.14. The highest BCUT2D eigenvalue weighted by Gasteiger charge is 2.41. The zero-order valence-electron chi connectivity index (χ0n) is 12.9. The molecular formula is C17H16F3NO3. The number of hydrogen-bond donors (Lipinski definition) is 1. The number of nitrogens with zero attached hydrogens (tertiary/aromatic N) is 1. The number of rotatable bonds is 2. The lowest BCUT2D eigenvalue weighted by molar-refractivity contribution is -0.138. The van der Waals surface area contributed by atoms with E-state index in [1.807, 2.05) is 0 Å². The van der Waals surface area contributed by atoms with Crippen molar-refractivity contribution >= 4 is 5.91 Å². The molecule has 4 nitrogen and oxygen atoms in total. The van der Waals surface area contributed by atoms with Gasteiger partial charge in [-0.2, -0.15) is 13.2 Å². The minimum absolute atomic E-state index is 0.00452. The van der Waals surface area contributed by atoms with Crippen LogP contribution in [0.1, 0.15) is 39.7 Å². The van der Waals surface area contributed by atoms with Crippen molar-refractivity contribution in [3.05, 3.63) is 59.0 Å². The molecule has 0 spiro atoms. The first kappa shape index (κ1) is 16.6. The van der Waals surface area contributed by atoms with Crippen molar-refractivity contribution in [2.75, 3.05) is 6.54 Å². The highest BCUT2D eigenvalue weighted by Crippen LogP contribution is 2.40. The molecule has 128 valence electrons. The third kappa shape index (κ3) is 3.03. The van der Waals surface area contributed by atoms with Gasteiger partial charge >= 0.3 is 6.18 Å². The number of aryl methyl sites for hydroxylation is 1. The van der Waals surface area contributed by atoms with E-state index in [-0.39, 0.29) is 24.1 Å². The summed E-state index contributed by atoms with van der Waals surface area (Å²) >= 11 is 0. The first-order valence-electron chi connectivity index (χ1n) is 7.47. The Bertz CT molecular complexity index is 754. The largest absolute Gasteiger partial charge is 0.469 e. The quantitative estimate of drug-likeness (QED) is 0.910. The number of amides is 1. The van der Waals surface area contributed by atoms with Crippen molar-refractivity contribution in [2.24, 2.45) is 0 Å². The number of carbonyl (C=O) groups excluding carboxylic acids is 1. The Morgan fingerprint density at radius 1 is 1.33 bits per heavy atom. The normalized spacial score (nSPS) is 21.3. The Labute approximate surface area is 136 Å². The predicted octanol–water partition coefficient (Wildman–Crippen LogP) is 3.55. The topological polar surface area (TPSA) is 53.7 Å². The molecule has 0 bridgehead atoms. The molecule has 0 aliphatic carbocycles. The van der Waals surface area contributed by atoms with Crippen molar-refractivity contribution < 1.29 is 27.5 Å². The minimum Gasteiger partial charge on any atom is -0.469 e. The summed E-state index contributed by atoms with van der Waals surface area (Å²) in [6, 6.07) is 5.85. The number of furan rings is 1. The molecule has 2 heterocycles. The summed E-state index contributed by atoms with van der Waals surface area (Å²) in [6.45, 7) is 1.66. The van der Waals surface area contributed by atoms with E-state index in [2.05, 4.69) is 0 Å². The number of alkyl halides is 3. The van der Waals surface area contributed by atoms with E-state index in [0.29, 0.717) is 5.76 Å². The van der Waals surface area contributed by atoms with Crippen molar-refractivity contribution in [1.29, 1.82) is 0 Å². The average Bonchev–Trinajstić information content (AvgIpc) is 3.12. The summed E-state index contributed by atoms with van der Waals surface area (Å²) in [5.74, 6) is 0.0794. The molecule has 0 unspecified atom stereocenters. The number of likely N-dealkylation sites (tertiary alicyclic amines) is 1. The zero-order chi connectivity index (χ0) is 17.5. The molecule has 1 N–H and O–H groups in total. The van der Waals surface area contributed by atoms with Gasteiger partial charge in [-0.1, -0.05) is 18.2 Å². The van der Waals surface area contributed by atoms with E-state index >= 15 is 0 Å².